The molecule has 0 unspecified atom stereocenters. The number of hydrogen-bond acceptors (Lipinski definition) is 1. The first kappa shape index (κ1) is 9.50. The zero-order valence-electron chi connectivity index (χ0n) is 8.10. The van der Waals surface area contributed by atoms with Crippen molar-refractivity contribution in [2.45, 2.75) is 46.0 Å². The lowest BCUT2D eigenvalue weighted by atomic mass is 9.67. The van der Waals surface area contributed by atoms with Gasteiger partial charge in [0.2, 0.25) is 0 Å². The fourth-order valence-electron chi connectivity index (χ4n) is 1.71. The second kappa shape index (κ2) is 3.88. The molecular weight excluding hydrogens is 148 g/mol. The molecule has 0 radical (unpaired) electrons. The molecule has 1 aliphatic rings. The molecule has 0 N–H and O–H groups in total. The molecular formula is C11H18O. The standard InChI is InChI=1S/C11H18O/c1-10(2)5-3-6-11(9-12)7-4-8-11/h5,9H,3-4,6-8H2,1-2H3. The molecule has 0 aromatic heterocycles. The van der Waals surface area contributed by atoms with Crippen LogP contribution >= 0.6 is 0 Å². The molecule has 0 aromatic rings. The summed E-state index contributed by atoms with van der Waals surface area (Å²) in [6.07, 6.45) is 9.01. The molecule has 0 aromatic carbocycles. The average Bonchev–Trinajstić information content (AvgIpc) is 1.94. The number of rotatable bonds is 4. The molecule has 1 nitrogen and oxygen atoms in total. The molecule has 68 valence electrons. The van der Waals surface area contributed by atoms with Crippen LogP contribution in [-0.2, 0) is 4.79 Å². The third-order valence-electron chi connectivity index (χ3n) is 2.79. The predicted octanol–water partition coefficient (Wildman–Crippen LogP) is 3.10. The minimum Gasteiger partial charge on any atom is -0.303 e. The summed E-state index contributed by atoms with van der Waals surface area (Å²) in [6, 6.07) is 0. The van der Waals surface area contributed by atoms with E-state index < -0.39 is 0 Å². The first-order chi connectivity index (χ1) is 5.68. The average molecular weight is 166 g/mol. The Hall–Kier alpha value is -0.590. The molecule has 0 heterocycles. The van der Waals surface area contributed by atoms with Crippen LogP contribution in [0.1, 0.15) is 46.0 Å². The van der Waals surface area contributed by atoms with E-state index in [1.165, 1.54) is 18.3 Å². The Labute approximate surface area is 74.9 Å². The van der Waals surface area contributed by atoms with Crippen molar-refractivity contribution in [3.05, 3.63) is 11.6 Å². The first-order valence-electron chi connectivity index (χ1n) is 4.78. The lowest BCUT2D eigenvalue weighted by Gasteiger charge is -2.36. The van der Waals surface area contributed by atoms with Crippen molar-refractivity contribution in [3.63, 3.8) is 0 Å². The molecule has 1 heteroatoms. The topological polar surface area (TPSA) is 17.1 Å². The second-order valence-corrected chi connectivity index (χ2v) is 4.15. The molecule has 12 heavy (non-hydrogen) atoms. The Morgan fingerprint density at radius 2 is 2.08 bits per heavy atom. The van der Waals surface area contributed by atoms with Gasteiger partial charge < -0.3 is 4.79 Å². The third kappa shape index (κ3) is 2.20. The number of aldehydes is 1. The molecule has 0 saturated heterocycles. The van der Waals surface area contributed by atoms with Crippen molar-refractivity contribution in [1.29, 1.82) is 0 Å². The number of hydrogen-bond donors (Lipinski definition) is 0. The van der Waals surface area contributed by atoms with Gasteiger partial charge >= 0.3 is 0 Å². The van der Waals surface area contributed by atoms with Gasteiger partial charge in [0, 0.05) is 5.41 Å². The fourth-order valence-corrected chi connectivity index (χ4v) is 1.71. The van der Waals surface area contributed by atoms with Crippen LogP contribution in [0.3, 0.4) is 0 Å². The minimum atomic E-state index is 0.0753. The Morgan fingerprint density at radius 1 is 1.42 bits per heavy atom. The smallest absolute Gasteiger partial charge is 0.126 e. The summed E-state index contributed by atoms with van der Waals surface area (Å²) < 4.78 is 0. The molecule has 0 spiro atoms. The van der Waals surface area contributed by atoms with Gasteiger partial charge in [-0.25, -0.2) is 0 Å². The Balaban J connectivity index is 2.30. The highest BCUT2D eigenvalue weighted by Crippen LogP contribution is 2.42. The van der Waals surface area contributed by atoms with Crippen LogP contribution in [0.5, 0.6) is 0 Å². The van der Waals surface area contributed by atoms with E-state index in [1.807, 2.05) is 0 Å². The lowest BCUT2D eigenvalue weighted by molar-refractivity contribution is -0.120. The van der Waals surface area contributed by atoms with E-state index in [9.17, 15) is 4.79 Å². The Kier molecular flexibility index (Phi) is 3.07. The van der Waals surface area contributed by atoms with Crippen LogP contribution in [0.4, 0.5) is 0 Å². The van der Waals surface area contributed by atoms with Crippen LogP contribution in [0, 0.1) is 5.41 Å². The van der Waals surface area contributed by atoms with Gasteiger partial charge in [-0.3, -0.25) is 0 Å². The van der Waals surface area contributed by atoms with Gasteiger partial charge in [-0.05, 0) is 39.5 Å². The van der Waals surface area contributed by atoms with Crippen molar-refractivity contribution in [1.82, 2.24) is 0 Å². The monoisotopic (exact) mass is 166 g/mol. The summed E-state index contributed by atoms with van der Waals surface area (Å²) in [5.74, 6) is 0. The second-order valence-electron chi connectivity index (χ2n) is 4.15. The zero-order chi connectivity index (χ0) is 9.03. The normalized spacial score (nSPS) is 19.5. The van der Waals surface area contributed by atoms with Crippen molar-refractivity contribution in [3.8, 4) is 0 Å². The number of allylic oxidation sites excluding steroid dienone is 2. The maximum absolute atomic E-state index is 10.8. The highest BCUT2D eigenvalue weighted by Gasteiger charge is 2.35. The summed E-state index contributed by atoms with van der Waals surface area (Å²) in [5, 5.41) is 0. The maximum Gasteiger partial charge on any atom is 0.126 e. The quantitative estimate of drug-likeness (QED) is 0.463. The molecule has 0 bridgehead atoms. The number of carbonyl (C=O) groups excluding carboxylic acids is 1. The Bertz CT molecular complexity index is 183. The molecule has 0 atom stereocenters. The SMILES string of the molecule is CC(C)=CCCC1(C=O)CCC1. The molecule has 0 amide bonds. The molecule has 1 rings (SSSR count). The summed E-state index contributed by atoms with van der Waals surface area (Å²) in [6.45, 7) is 4.21. The van der Waals surface area contributed by atoms with Gasteiger partial charge in [0.05, 0.1) is 0 Å². The van der Waals surface area contributed by atoms with E-state index in [0.717, 1.165) is 25.7 Å². The molecule has 0 aliphatic heterocycles. The van der Waals surface area contributed by atoms with E-state index in [4.69, 9.17) is 0 Å². The van der Waals surface area contributed by atoms with Crippen molar-refractivity contribution >= 4 is 6.29 Å². The van der Waals surface area contributed by atoms with Gasteiger partial charge in [0.1, 0.15) is 6.29 Å². The highest BCUT2D eigenvalue weighted by molar-refractivity contribution is 5.60. The van der Waals surface area contributed by atoms with Crippen molar-refractivity contribution < 1.29 is 4.79 Å². The molecule has 1 aliphatic carbocycles. The first-order valence-corrected chi connectivity index (χ1v) is 4.78. The zero-order valence-corrected chi connectivity index (χ0v) is 8.10. The molecule has 1 fully saturated rings. The summed E-state index contributed by atoms with van der Waals surface area (Å²) >= 11 is 0. The maximum atomic E-state index is 10.8. The third-order valence-corrected chi connectivity index (χ3v) is 2.79. The lowest BCUT2D eigenvalue weighted by Crippen LogP contribution is -2.30. The summed E-state index contributed by atoms with van der Waals surface area (Å²) in [5.41, 5.74) is 1.43. The molecule has 1 saturated carbocycles. The largest absolute Gasteiger partial charge is 0.303 e. The van der Waals surface area contributed by atoms with E-state index in [-0.39, 0.29) is 5.41 Å². The van der Waals surface area contributed by atoms with Crippen molar-refractivity contribution in [2.75, 3.05) is 0 Å². The van der Waals surface area contributed by atoms with Crippen LogP contribution in [0.2, 0.25) is 0 Å². The minimum absolute atomic E-state index is 0.0753. The highest BCUT2D eigenvalue weighted by atomic mass is 16.1. The van der Waals surface area contributed by atoms with Crippen LogP contribution in [0.25, 0.3) is 0 Å². The van der Waals surface area contributed by atoms with Crippen LogP contribution in [-0.4, -0.2) is 6.29 Å². The van der Waals surface area contributed by atoms with E-state index in [1.54, 1.807) is 0 Å². The number of carbonyl (C=O) groups is 1. The van der Waals surface area contributed by atoms with Gasteiger partial charge in [-0.15, -0.1) is 0 Å². The van der Waals surface area contributed by atoms with Gasteiger partial charge in [-0.2, -0.15) is 0 Å². The summed E-state index contributed by atoms with van der Waals surface area (Å²) in [4.78, 5) is 10.8. The fraction of sp³-hybridized carbons (Fsp3) is 0.727. The van der Waals surface area contributed by atoms with E-state index >= 15 is 0 Å². The van der Waals surface area contributed by atoms with Gasteiger partial charge in [0.25, 0.3) is 0 Å². The van der Waals surface area contributed by atoms with Gasteiger partial charge in [0.15, 0.2) is 0 Å². The summed E-state index contributed by atoms with van der Waals surface area (Å²) in [7, 11) is 0. The Morgan fingerprint density at radius 3 is 2.42 bits per heavy atom. The van der Waals surface area contributed by atoms with Crippen LogP contribution < -0.4 is 0 Å². The predicted molar refractivity (Wildman–Crippen MR) is 51.0 cm³/mol. The van der Waals surface area contributed by atoms with E-state index in [2.05, 4.69) is 19.9 Å². The van der Waals surface area contributed by atoms with Crippen molar-refractivity contribution in [2.24, 2.45) is 5.41 Å². The van der Waals surface area contributed by atoms with Gasteiger partial charge in [-0.1, -0.05) is 18.1 Å². The van der Waals surface area contributed by atoms with E-state index in [0.29, 0.717) is 0 Å². The van der Waals surface area contributed by atoms with Crippen LogP contribution in [0.15, 0.2) is 11.6 Å².